The van der Waals surface area contributed by atoms with E-state index in [1.807, 2.05) is 39.0 Å². The Labute approximate surface area is 266 Å². The first kappa shape index (κ1) is 32.2. The lowest BCUT2D eigenvalue weighted by molar-refractivity contribution is -0.122. The third kappa shape index (κ3) is 8.51. The van der Waals surface area contributed by atoms with E-state index in [-0.39, 0.29) is 23.8 Å². The average Bonchev–Trinajstić information content (AvgIpc) is 3.21. The maximum absolute atomic E-state index is 14.1. The fourth-order valence-electron chi connectivity index (χ4n) is 6.55. The highest BCUT2D eigenvalue weighted by molar-refractivity contribution is 5.95. The molecule has 1 fully saturated rings. The number of amides is 2. The number of hydrogen-bond acceptors (Lipinski definition) is 5. The largest absolute Gasteiger partial charge is 0.444 e. The molecule has 1 atom stereocenters. The van der Waals surface area contributed by atoms with E-state index in [2.05, 4.69) is 64.5 Å². The number of benzene rings is 3. The van der Waals surface area contributed by atoms with Crippen LogP contribution in [0.15, 0.2) is 60.7 Å². The summed E-state index contributed by atoms with van der Waals surface area (Å²) in [7, 11) is 0. The van der Waals surface area contributed by atoms with Crippen LogP contribution in [0, 0.1) is 5.41 Å². The van der Waals surface area contributed by atoms with Crippen molar-refractivity contribution in [1.82, 2.24) is 16.0 Å². The molecular formula is C37H47N5O3. The van der Waals surface area contributed by atoms with Crippen molar-refractivity contribution in [2.24, 2.45) is 5.73 Å². The van der Waals surface area contributed by atoms with Gasteiger partial charge in [0, 0.05) is 24.2 Å². The highest BCUT2D eigenvalue weighted by atomic mass is 16.6. The minimum Gasteiger partial charge on any atom is -0.444 e. The topological polar surface area (TPSA) is 129 Å². The zero-order valence-corrected chi connectivity index (χ0v) is 26.7. The fraction of sp³-hybridized carbons (Fsp3) is 0.432. The molecule has 0 bridgehead atoms. The molecule has 0 spiro atoms. The molecule has 2 aliphatic carbocycles. The van der Waals surface area contributed by atoms with Gasteiger partial charge < -0.3 is 26.4 Å². The molecule has 1 saturated carbocycles. The van der Waals surface area contributed by atoms with Gasteiger partial charge in [0.15, 0.2) is 0 Å². The van der Waals surface area contributed by atoms with Crippen LogP contribution in [0.25, 0.3) is 22.4 Å². The van der Waals surface area contributed by atoms with Crippen LogP contribution in [0.3, 0.4) is 0 Å². The van der Waals surface area contributed by atoms with Gasteiger partial charge in [-0.25, -0.2) is 4.79 Å². The number of alkyl carbamates (subject to hydrolysis) is 1. The van der Waals surface area contributed by atoms with Crippen LogP contribution in [0.2, 0.25) is 0 Å². The predicted octanol–water partition coefficient (Wildman–Crippen LogP) is 4.39. The monoisotopic (exact) mass is 609 g/mol. The van der Waals surface area contributed by atoms with Gasteiger partial charge in [-0.15, -0.1) is 0 Å². The van der Waals surface area contributed by atoms with Crippen molar-refractivity contribution in [2.45, 2.75) is 95.9 Å². The summed E-state index contributed by atoms with van der Waals surface area (Å²) in [5.74, 6) is 0.0197. The molecule has 2 aliphatic rings. The Morgan fingerprint density at radius 3 is 2.42 bits per heavy atom. The second-order valence-corrected chi connectivity index (χ2v) is 13.3. The van der Waals surface area contributed by atoms with Gasteiger partial charge in [-0.05, 0) is 111 Å². The van der Waals surface area contributed by atoms with Gasteiger partial charge in [0.2, 0.25) is 5.91 Å². The van der Waals surface area contributed by atoms with E-state index in [0.717, 1.165) is 67.4 Å². The Hall–Kier alpha value is -4.17. The van der Waals surface area contributed by atoms with E-state index in [1.54, 1.807) is 0 Å². The molecule has 6 N–H and O–H groups in total. The number of ether oxygens (including phenoxy) is 1. The second kappa shape index (κ2) is 14.3. The van der Waals surface area contributed by atoms with Crippen molar-refractivity contribution < 1.29 is 14.3 Å². The standard InChI is InChI=1S/C37H47N5O3/c1-37(2,3)45-36(44)42-29-18-16-28(17-19-29)41-35(43)33(40-22-21-25-12-8-11-24-9-4-6-13-30(24)25)32-14-7-5-10-26-23-27(34(38)39)15-20-31(26)32/h4,6,8-13,15,20,23,28-29,33,40H,5,7,14,16-19,21-22H2,1-3H3,(H3,38,39)(H,41,43)(H,42,44)/t28-,29-,33?. The van der Waals surface area contributed by atoms with Crippen molar-refractivity contribution in [3.63, 3.8) is 0 Å². The molecule has 0 aliphatic heterocycles. The van der Waals surface area contributed by atoms with E-state index in [9.17, 15) is 9.59 Å². The van der Waals surface area contributed by atoms with Crippen molar-refractivity contribution in [1.29, 1.82) is 5.41 Å². The average molecular weight is 610 g/mol. The lowest BCUT2D eigenvalue weighted by Crippen LogP contribution is -2.52. The number of nitrogen functional groups attached to an aromatic ring is 1. The minimum atomic E-state index is -0.537. The maximum atomic E-state index is 14.1. The number of carbonyl (C=O) groups is 2. The maximum Gasteiger partial charge on any atom is 0.407 e. The summed E-state index contributed by atoms with van der Waals surface area (Å²) in [6, 6.07) is 20.2. The smallest absolute Gasteiger partial charge is 0.407 e. The summed E-state index contributed by atoms with van der Waals surface area (Å²) in [6.07, 6.45) is 8.38. The molecule has 2 amide bonds. The highest BCUT2D eigenvalue weighted by Crippen LogP contribution is 2.22. The van der Waals surface area contributed by atoms with Crippen LogP contribution in [0.1, 0.15) is 76.8 Å². The van der Waals surface area contributed by atoms with E-state index < -0.39 is 17.7 Å². The number of hydrogen-bond donors (Lipinski definition) is 5. The first-order chi connectivity index (χ1) is 21.6. The first-order valence-electron chi connectivity index (χ1n) is 16.2. The molecular weight excluding hydrogens is 562 g/mol. The summed E-state index contributed by atoms with van der Waals surface area (Å²) in [5, 5.41) is 22.4. The molecule has 8 nitrogen and oxygen atoms in total. The van der Waals surface area contributed by atoms with E-state index >= 15 is 0 Å². The Balaban J connectivity index is 1.34. The summed E-state index contributed by atoms with van der Waals surface area (Å²) in [5.41, 5.74) is 8.29. The molecule has 0 radical (unpaired) electrons. The number of fused-ring (bicyclic) bond motifs is 2. The fourth-order valence-corrected chi connectivity index (χ4v) is 6.55. The molecule has 8 heteroatoms. The van der Waals surface area contributed by atoms with Gasteiger partial charge in [-0.1, -0.05) is 60.7 Å². The Morgan fingerprint density at radius 2 is 1.69 bits per heavy atom. The van der Waals surface area contributed by atoms with Crippen LogP contribution in [-0.4, -0.2) is 48.1 Å². The van der Waals surface area contributed by atoms with Gasteiger partial charge >= 0.3 is 6.09 Å². The van der Waals surface area contributed by atoms with Gasteiger partial charge in [0.05, 0.1) is 0 Å². The molecule has 5 rings (SSSR count). The molecule has 0 heterocycles. The van der Waals surface area contributed by atoms with Crippen molar-refractivity contribution in [3.8, 4) is 0 Å². The number of nitrogens with one attached hydrogen (secondary N) is 4. The third-order valence-corrected chi connectivity index (χ3v) is 8.75. The van der Waals surface area contributed by atoms with Gasteiger partial charge in [-0.2, -0.15) is 0 Å². The zero-order valence-electron chi connectivity index (χ0n) is 26.7. The van der Waals surface area contributed by atoms with Gasteiger partial charge in [0.1, 0.15) is 17.5 Å². The molecule has 3 aromatic carbocycles. The lowest BCUT2D eigenvalue weighted by atomic mass is 9.90. The van der Waals surface area contributed by atoms with Gasteiger partial charge in [0.25, 0.3) is 0 Å². The normalized spacial score (nSPS) is 19.0. The van der Waals surface area contributed by atoms with Crippen LogP contribution < -0.4 is 32.1 Å². The van der Waals surface area contributed by atoms with Crippen molar-refractivity contribution in [2.75, 3.05) is 6.54 Å². The first-order valence-corrected chi connectivity index (χ1v) is 16.2. The van der Waals surface area contributed by atoms with Crippen LogP contribution in [-0.2, 0) is 16.0 Å². The Kier molecular flexibility index (Phi) is 10.2. The predicted molar refractivity (Wildman–Crippen MR) is 181 cm³/mol. The van der Waals surface area contributed by atoms with E-state index in [4.69, 9.17) is 15.9 Å². The molecule has 238 valence electrons. The number of amidine groups is 1. The highest BCUT2D eigenvalue weighted by Gasteiger charge is 2.29. The van der Waals surface area contributed by atoms with E-state index in [0.29, 0.717) is 12.1 Å². The zero-order chi connectivity index (χ0) is 32.0. The molecule has 45 heavy (non-hydrogen) atoms. The summed E-state index contributed by atoms with van der Waals surface area (Å²) in [6.45, 7) is 6.22. The SMILES string of the molecule is CC(C)(C)OC(=O)N[C@H]1CC[C@H](NC(=O)C(NCCc2cccc3ccccc23)C2=c3ccc(C(=N)N)cc3=CCCC2)CC1. The third-order valence-electron chi connectivity index (χ3n) is 8.75. The van der Waals surface area contributed by atoms with Crippen molar-refractivity contribution in [3.05, 3.63) is 82.2 Å². The van der Waals surface area contributed by atoms with Crippen LogP contribution in [0.5, 0.6) is 0 Å². The summed E-state index contributed by atoms with van der Waals surface area (Å²) in [4.78, 5) is 26.4. The lowest BCUT2D eigenvalue weighted by Gasteiger charge is -2.32. The second-order valence-electron chi connectivity index (χ2n) is 13.3. The van der Waals surface area contributed by atoms with Gasteiger partial charge in [-0.3, -0.25) is 10.2 Å². The van der Waals surface area contributed by atoms with Crippen LogP contribution in [0.4, 0.5) is 4.79 Å². The Morgan fingerprint density at radius 1 is 0.978 bits per heavy atom. The summed E-state index contributed by atoms with van der Waals surface area (Å²) < 4.78 is 5.43. The Bertz CT molecular complexity index is 1660. The number of nitrogens with two attached hydrogens (primary N) is 1. The molecule has 3 aromatic rings. The van der Waals surface area contributed by atoms with Crippen LogP contribution >= 0.6 is 0 Å². The molecule has 1 unspecified atom stereocenters. The number of carbonyl (C=O) groups excluding carboxylic acids is 2. The van der Waals surface area contributed by atoms with Crippen molar-refractivity contribution >= 4 is 40.3 Å². The minimum absolute atomic E-state index is 0.0186. The number of rotatable bonds is 9. The molecule has 0 saturated heterocycles. The summed E-state index contributed by atoms with van der Waals surface area (Å²) >= 11 is 0. The van der Waals surface area contributed by atoms with E-state index in [1.165, 1.54) is 16.3 Å². The molecule has 0 aromatic heterocycles. The quantitative estimate of drug-likeness (QED) is 0.182.